The van der Waals surface area contributed by atoms with Crippen LogP contribution in [-0.4, -0.2) is 24.2 Å². The second-order valence-electron chi connectivity index (χ2n) is 3.68. The Kier molecular flexibility index (Phi) is 6.42. The number of pyridine rings is 1. The minimum atomic E-state index is 0.223. The molecule has 0 spiro atoms. The first-order chi connectivity index (χ1) is 7.76. The molecule has 0 aromatic carbocycles. The quantitative estimate of drug-likeness (QED) is 0.837. The Morgan fingerprint density at radius 2 is 2.25 bits per heavy atom. The zero-order valence-corrected chi connectivity index (χ0v) is 11.5. The molecular weight excluding hydrogens is 268 g/mol. The molecule has 0 amide bonds. The van der Waals surface area contributed by atoms with Gasteiger partial charge in [0.25, 0.3) is 0 Å². The molecule has 90 valence electrons. The normalized spacial score (nSPS) is 12.4. The van der Waals surface area contributed by atoms with E-state index in [9.17, 15) is 0 Å². The highest BCUT2D eigenvalue weighted by molar-refractivity contribution is 9.10. The lowest BCUT2D eigenvalue weighted by atomic mass is 10.2. The molecule has 1 N–H and O–H groups in total. The van der Waals surface area contributed by atoms with Gasteiger partial charge in [0, 0.05) is 17.2 Å². The van der Waals surface area contributed by atoms with Gasteiger partial charge in [-0.2, -0.15) is 0 Å². The molecule has 0 aliphatic heterocycles. The van der Waals surface area contributed by atoms with Gasteiger partial charge in [-0.15, -0.1) is 0 Å². The molecule has 1 aromatic heterocycles. The third kappa shape index (κ3) is 4.94. The Balaban J connectivity index is 2.52. The molecule has 0 radical (unpaired) electrons. The fraction of sp³-hybridized carbons (Fsp3) is 0.583. The molecule has 0 fully saturated rings. The van der Waals surface area contributed by atoms with Crippen molar-refractivity contribution in [3.63, 3.8) is 0 Å². The predicted octanol–water partition coefficient (Wildman–Crippen LogP) is 3.00. The largest absolute Gasteiger partial charge is 0.487 e. The first-order valence-electron chi connectivity index (χ1n) is 5.74. The Morgan fingerprint density at radius 3 is 2.88 bits per heavy atom. The van der Waals surface area contributed by atoms with Crippen LogP contribution in [0.25, 0.3) is 0 Å². The Morgan fingerprint density at radius 1 is 1.44 bits per heavy atom. The summed E-state index contributed by atoms with van der Waals surface area (Å²) in [5.74, 6) is 0.825. The number of nitrogens with zero attached hydrogens (tertiary/aromatic N) is 1. The van der Waals surface area contributed by atoms with Gasteiger partial charge in [0.2, 0.25) is 0 Å². The number of hydrogen-bond donors (Lipinski definition) is 1. The van der Waals surface area contributed by atoms with Crippen LogP contribution in [0.15, 0.2) is 22.9 Å². The van der Waals surface area contributed by atoms with Crippen molar-refractivity contribution in [1.82, 2.24) is 10.3 Å². The summed E-state index contributed by atoms with van der Waals surface area (Å²) >= 11 is 3.39. The van der Waals surface area contributed by atoms with Crippen LogP contribution in [0.4, 0.5) is 0 Å². The SMILES string of the molecule is CCCC(CNCC)Oc1cncc(Br)c1. The second-order valence-corrected chi connectivity index (χ2v) is 4.59. The van der Waals surface area contributed by atoms with Crippen LogP contribution in [0.5, 0.6) is 5.75 Å². The third-order valence-corrected chi connectivity index (χ3v) is 2.65. The van der Waals surface area contributed by atoms with E-state index in [1.165, 1.54) is 0 Å². The number of likely N-dealkylation sites (N-methyl/N-ethyl adjacent to an activating group) is 1. The summed E-state index contributed by atoms with van der Waals surface area (Å²) in [5.41, 5.74) is 0. The third-order valence-electron chi connectivity index (χ3n) is 2.22. The number of ether oxygens (including phenoxy) is 1. The lowest BCUT2D eigenvalue weighted by Gasteiger charge is -2.18. The van der Waals surface area contributed by atoms with E-state index in [4.69, 9.17) is 4.74 Å². The van der Waals surface area contributed by atoms with Crippen LogP contribution in [0.2, 0.25) is 0 Å². The van der Waals surface area contributed by atoms with E-state index in [2.05, 4.69) is 40.1 Å². The number of rotatable bonds is 7. The van der Waals surface area contributed by atoms with Gasteiger partial charge in [0.15, 0.2) is 0 Å². The van der Waals surface area contributed by atoms with Gasteiger partial charge in [-0.25, -0.2) is 0 Å². The van der Waals surface area contributed by atoms with Crippen molar-refractivity contribution in [2.45, 2.75) is 32.8 Å². The topological polar surface area (TPSA) is 34.1 Å². The summed E-state index contributed by atoms with van der Waals surface area (Å²) in [6.07, 6.45) is 5.91. The van der Waals surface area contributed by atoms with E-state index >= 15 is 0 Å². The van der Waals surface area contributed by atoms with Gasteiger partial charge in [-0.3, -0.25) is 4.98 Å². The average Bonchev–Trinajstić information content (AvgIpc) is 2.26. The maximum absolute atomic E-state index is 5.88. The minimum Gasteiger partial charge on any atom is -0.487 e. The first kappa shape index (κ1) is 13.5. The molecule has 1 heterocycles. The van der Waals surface area contributed by atoms with Crippen LogP contribution in [0, 0.1) is 0 Å². The molecule has 16 heavy (non-hydrogen) atoms. The fourth-order valence-electron chi connectivity index (χ4n) is 1.48. The Labute approximate surface area is 106 Å². The smallest absolute Gasteiger partial charge is 0.139 e. The molecule has 1 atom stereocenters. The van der Waals surface area contributed by atoms with Crippen LogP contribution < -0.4 is 10.1 Å². The lowest BCUT2D eigenvalue weighted by molar-refractivity contribution is 0.186. The van der Waals surface area contributed by atoms with E-state index < -0.39 is 0 Å². The molecule has 1 aromatic rings. The molecular formula is C12H19BrN2O. The number of aromatic nitrogens is 1. The average molecular weight is 287 g/mol. The zero-order valence-electron chi connectivity index (χ0n) is 9.87. The lowest BCUT2D eigenvalue weighted by Crippen LogP contribution is -2.31. The molecule has 1 rings (SSSR count). The van der Waals surface area contributed by atoms with Crippen LogP contribution in [0.1, 0.15) is 26.7 Å². The van der Waals surface area contributed by atoms with Crippen molar-refractivity contribution in [2.75, 3.05) is 13.1 Å². The van der Waals surface area contributed by atoms with E-state index in [1.54, 1.807) is 12.4 Å². The first-order valence-corrected chi connectivity index (χ1v) is 6.53. The van der Waals surface area contributed by atoms with E-state index in [1.807, 2.05) is 6.07 Å². The van der Waals surface area contributed by atoms with Crippen molar-refractivity contribution in [1.29, 1.82) is 0 Å². The predicted molar refractivity (Wildman–Crippen MR) is 69.8 cm³/mol. The van der Waals surface area contributed by atoms with Gasteiger partial charge in [-0.05, 0) is 35.0 Å². The van der Waals surface area contributed by atoms with Gasteiger partial charge in [-0.1, -0.05) is 20.3 Å². The molecule has 0 aliphatic carbocycles. The van der Waals surface area contributed by atoms with Crippen molar-refractivity contribution in [2.24, 2.45) is 0 Å². The maximum atomic E-state index is 5.88. The van der Waals surface area contributed by atoms with Crippen molar-refractivity contribution in [3.05, 3.63) is 22.9 Å². The molecule has 1 unspecified atom stereocenters. The van der Waals surface area contributed by atoms with Crippen LogP contribution in [-0.2, 0) is 0 Å². The molecule has 4 heteroatoms. The molecule has 0 saturated heterocycles. The molecule has 3 nitrogen and oxygen atoms in total. The van der Waals surface area contributed by atoms with Crippen molar-refractivity contribution < 1.29 is 4.74 Å². The highest BCUT2D eigenvalue weighted by atomic mass is 79.9. The molecule has 0 saturated carbocycles. The van der Waals surface area contributed by atoms with E-state index in [0.717, 1.165) is 36.2 Å². The number of nitrogens with one attached hydrogen (secondary N) is 1. The maximum Gasteiger partial charge on any atom is 0.139 e. The standard InChI is InChI=1S/C12H19BrN2O/c1-3-5-11(8-14-4-2)16-12-6-10(13)7-15-9-12/h6-7,9,11,14H,3-5,8H2,1-2H3. The van der Waals surface area contributed by atoms with Gasteiger partial charge in [0.1, 0.15) is 11.9 Å². The summed E-state index contributed by atoms with van der Waals surface area (Å²) in [7, 11) is 0. The zero-order chi connectivity index (χ0) is 11.8. The van der Waals surface area contributed by atoms with Gasteiger partial charge >= 0.3 is 0 Å². The Hall–Kier alpha value is -0.610. The second kappa shape index (κ2) is 7.63. The molecule has 0 bridgehead atoms. The summed E-state index contributed by atoms with van der Waals surface area (Å²) in [5, 5.41) is 3.31. The van der Waals surface area contributed by atoms with Gasteiger partial charge in [0.05, 0.1) is 6.20 Å². The number of hydrogen-bond acceptors (Lipinski definition) is 3. The van der Waals surface area contributed by atoms with E-state index in [0.29, 0.717) is 0 Å². The molecule has 0 aliphatic rings. The summed E-state index contributed by atoms with van der Waals surface area (Å²) in [6.45, 7) is 6.13. The summed E-state index contributed by atoms with van der Waals surface area (Å²) < 4.78 is 6.83. The minimum absolute atomic E-state index is 0.223. The van der Waals surface area contributed by atoms with Crippen LogP contribution in [0.3, 0.4) is 0 Å². The van der Waals surface area contributed by atoms with Crippen LogP contribution >= 0.6 is 15.9 Å². The monoisotopic (exact) mass is 286 g/mol. The number of halogens is 1. The van der Waals surface area contributed by atoms with E-state index in [-0.39, 0.29) is 6.10 Å². The Bertz CT molecular complexity index is 307. The summed E-state index contributed by atoms with van der Waals surface area (Å²) in [6, 6.07) is 1.95. The highest BCUT2D eigenvalue weighted by Gasteiger charge is 2.09. The van der Waals surface area contributed by atoms with Crippen molar-refractivity contribution >= 4 is 15.9 Å². The van der Waals surface area contributed by atoms with Crippen molar-refractivity contribution in [3.8, 4) is 5.75 Å². The van der Waals surface area contributed by atoms with Gasteiger partial charge < -0.3 is 10.1 Å². The fourth-order valence-corrected chi connectivity index (χ4v) is 1.82. The highest BCUT2D eigenvalue weighted by Crippen LogP contribution is 2.18. The summed E-state index contributed by atoms with van der Waals surface area (Å²) in [4.78, 5) is 4.09.